The van der Waals surface area contributed by atoms with E-state index in [1.54, 1.807) is 60.4 Å². The molecule has 0 spiro atoms. The summed E-state index contributed by atoms with van der Waals surface area (Å²) in [6, 6.07) is 10.1. The number of esters is 2. The van der Waals surface area contributed by atoms with Crippen LogP contribution in [-0.4, -0.2) is 40.5 Å². The molecule has 30 heavy (non-hydrogen) atoms. The van der Waals surface area contributed by atoms with Gasteiger partial charge in [-0.25, -0.2) is 9.59 Å². The van der Waals surface area contributed by atoms with Gasteiger partial charge >= 0.3 is 11.9 Å². The van der Waals surface area contributed by atoms with Crippen LogP contribution in [0, 0.1) is 0 Å². The first-order valence-electron chi connectivity index (χ1n) is 9.03. The van der Waals surface area contributed by atoms with Crippen molar-refractivity contribution in [2.24, 2.45) is 0 Å². The number of ether oxygens (including phenoxy) is 2. The average molecular weight is 428 g/mol. The number of anilines is 2. The molecule has 3 aromatic rings. The third-order valence-electron chi connectivity index (χ3n) is 3.89. The molecular formula is C20H20N4O5S. The minimum Gasteiger partial charge on any atom is -0.463 e. The third kappa shape index (κ3) is 5.45. The highest BCUT2D eigenvalue weighted by Crippen LogP contribution is 2.15. The van der Waals surface area contributed by atoms with Gasteiger partial charge in [-0.1, -0.05) is 6.07 Å². The molecule has 10 heteroatoms. The van der Waals surface area contributed by atoms with Gasteiger partial charge in [-0.05, 0) is 49.5 Å². The van der Waals surface area contributed by atoms with Gasteiger partial charge in [-0.3, -0.25) is 4.68 Å². The lowest BCUT2D eigenvalue weighted by molar-refractivity contribution is 0.0524. The molecule has 0 aliphatic carbocycles. The van der Waals surface area contributed by atoms with E-state index in [0.29, 0.717) is 41.0 Å². The molecule has 0 radical (unpaired) electrons. The predicted octanol–water partition coefficient (Wildman–Crippen LogP) is 3.30. The van der Waals surface area contributed by atoms with Crippen molar-refractivity contribution in [1.82, 2.24) is 9.78 Å². The van der Waals surface area contributed by atoms with Crippen LogP contribution in [0.15, 0.2) is 53.2 Å². The molecule has 0 aliphatic heterocycles. The van der Waals surface area contributed by atoms with Gasteiger partial charge in [-0.15, -0.1) is 0 Å². The standard InChI is InChI=1S/C20H20N4O5S/c1-3-28-18(25)13-5-4-6-14(9-13)22-20(30)23-15-10-21-24(11-15)12-16-7-8-17(29-16)19(26)27-2/h4-11H,3,12H2,1-2H3,(H2,22,23,30). The number of rotatable bonds is 7. The molecule has 2 N–H and O–H groups in total. The second kappa shape index (κ2) is 9.70. The van der Waals surface area contributed by atoms with Crippen molar-refractivity contribution in [2.75, 3.05) is 24.4 Å². The number of hydrogen-bond acceptors (Lipinski definition) is 7. The van der Waals surface area contributed by atoms with Crippen LogP contribution >= 0.6 is 12.2 Å². The second-order valence-corrected chi connectivity index (χ2v) is 6.47. The van der Waals surface area contributed by atoms with E-state index in [0.717, 1.165) is 0 Å². The Balaban J connectivity index is 1.57. The van der Waals surface area contributed by atoms with Gasteiger partial charge in [0.05, 0.1) is 37.7 Å². The van der Waals surface area contributed by atoms with Crippen LogP contribution in [0.25, 0.3) is 0 Å². The maximum atomic E-state index is 11.8. The largest absolute Gasteiger partial charge is 0.463 e. The summed E-state index contributed by atoms with van der Waals surface area (Å²) in [5, 5.41) is 10.6. The Morgan fingerprint density at radius 3 is 2.73 bits per heavy atom. The van der Waals surface area contributed by atoms with E-state index in [1.807, 2.05) is 0 Å². The minimum atomic E-state index is -0.535. The van der Waals surface area contributed by atoms with Crippen molar-refractivity contribution in [1.29, 1.82) is 0 Å². The fourth-order valence-corrected chi connectivity index (χ4v) is 2.81. The highest BCUT2D eigenvalue weighted by Gasteiger charge is 2.12. The van der Waals surface area contributed by atoms with E-state index < -0.39 is 11.9 Å². The summed E-state index contributed by atoms with van der Waals surface area (Å²) >= 11 is 5.32. The first-order valence-corrected chi connectivity index (χ1v) is 9.44. The molecule has 0 amide bonds. The lowest BCUT2D eigenvalue weighted by Gasteiger charge is -2.10. The SMILES string of the molecule is CCOC(=O)c1cccc(NC(=S)Nc2cnn(Cc3ccc(C(=O)OC)o3)c2)c1. The number of nitrogens with zero attached hydrogens (tertiary/aromatic N) is 2. The van der Waals surface area contributed by atoms with Crippen molar-refractivity contribution < 1.29 is 23.5 Å². The topological polar surface area (TPSA) is 108 Å². The van der Waals surface area contributed by atoms with Crippen LogP contribution in [0.2, 0.25) is 0 Å². The van der Waals surface area contributed by atoms with Crippen molar-refractivity contribution >= 4 is 40.6 Å². The van der Waals surface area contributed by atoms with E-state index in [2.05, 4.69) is 20.5 Å². The average Bonchev–Trinajstić information content (AvgIpc) is 3.37. The van der Waals surface area contributed by atoms with Gasteiger partial charge in [0.25, 0.3) is 0 Å². The quantitative estimate of drug-likeness (QED) is 0.433. The number of carbonyl (C=O) groups excluding carboxylic acids is 2. The first kappa shape index (κ1) is 21.1. The van der Waals surface area contributed by atoms with E-state index in [-0.39, 0.29) is 5.76 Å². The summed E-state index contributed by atoms with van der Waals surface area (Å²) in [4.78, 5) is 23.3. The fraction of sp³-hybridized carbons (Fsp3) is 0.200. The normalized spacial score (nSPS) is 10.3. The first-order chi connectivity index (χ1) is 14.5. The summed E-state index contributed by atoms with van der Waals surface area (Å²) in [5.41, 5.74) is 1.74. The molecule has 3 rings (SSSR count). The summed E-state index contributed by atoms with van der Waals surface area (Å²) < 4.78 is 16.7. The molecule has 0 unspecified atom stereocenters. The summed E-state index contributed by atoms with van der Waals surface area (Å²) in [6.07, 6.45) is 3.34. The third-order valence-corrected chi connectivity index (χ3v) is 4.09. The molecule has 0 saturated carbocycles. The maximum Gasteiger partial charge on any atom is 0.373 e. The zero-order valence-corrected chi connectivity index (χ0v) is 17.2. The van der Waals surface area contributed by atoms with Crippen molar-refractivity contribution in [3.05, 3.63) is 65.9 Å². The zero-order chi connectivity index (χ0) is 21.5. The fourth-order valence-electron chi connectivity index (χ4n) is 2.58. The Morgan fingerprint density at radius 2 is 1.97 bits per heavy atom. The predicted molar refractivity (Wildman–Crippen MR) is 114 cm³/mol. The van der Waals surface area contributed by atoms with Gasteiger partial charge in [0.1, 0.15) is 5.76 Å². The molecular weight excluding hydrogens is 408 g/mol. The Labute approximate surface area is 178 Å². The number of aromatic nitrogens is 2. The Hall–Kier alpha value is -3.66. The van der Waals surface area contributed by atoms with Crippen LogP contribution in [0.3, 0.4) is 0 Å². The number of furan rings is 1. The van der Waals surface area contributed by atoms with E-state index in [4.69, 9.17) is 21.4 Å². The van der Waals surface area contributed by atoms with E-state index >= 15 is 0 Å². The lowest BCUT2D eigenvalue weighted by atomic mass is 10.2. The number of nitrogens with one attached hydrogen (secondary N) is 2. The van der Waals surface area contributed by atoms with Crippen LogP contribution in [0.1, 0.15) is 33.6 Å². The van der Waals surface area contributed by atoms with Gasteiger partial charge < -0.3 is 24.5 Å². The van der Waals surface area contributed by atoms with Crippen LogP contribution in [-0.2, 0) is 16.0 Å². The monoisotopic (exact) mass is 428 g/mol. The van der Waals surface area contributed by atoms with Crippen LogP contribution in [0.4, 0.5) is 11.4 Å². The molecule has 156 valence electrons. The molecule has 2 aromatic heterocycles. The van der Waals surface area contributed by atoms with Crippen molar-refractivity contribution in [2.45, 2.75) is 13.5 Å². The number of benzene rings is 1. The smallest absolute Gasteiger partial charge is 0.373 e. The number of thiocarbonyl (C=S) groups is 1. The van der Waals surface area contributed by atoms with Gasteiger partial charge in [0.15, 0.2) is 5.11 Å². The molecule has 0 saturated heterocycles. The van der Waals surface area contributed by atoms with Crippen molar-refractivity contribution in [3.8, 4) is 0 Å². The molecule has 2 heterocycles. The Morgan fingerprint density at radius 1 is 1.17 bits per heavy atom. The molecule has 1 aromatic carbocycles. The van der Waals surface area contributed by atoms with Gasteiger partial charge in [0.2, 0.25) is 5.76 Å². The van der Waals surface area contributed by atoms with Gasteiger partial charge in [0, 0.05) is 11.9 Å². The molecule has 0 fully saturated rings. The van der Waals surface area contributed by atoms with Crippen molar-refractivity contribution in [3.63, 3.8) is 0 Å². The number of carbonyl (C=O) groups is 2. The number of hydrogen-bond donors (Lipinski definition) is 2. The highest BCUT2D eigenvalue weighted by atomic mass is 32.1. The molecule has 0 aliphatic rings. The lowest BCUT2D eigenvalue weighted by Crippen LogP contribution is -2.19. The number of methoxy groups -OCH3 is 1. The Bertz CT molecular complexity index is 1060. The highest BCUT2D eigenvalue weighted by molar-refractivity contribution is 7.80. The maximum absolute atomic E-state index is 11.8. The van der Waals surface area contributed by atoms with E-state index in [9.17, 15) is 9.59 Å². The summed E-state index contributed by atoms with van der Waals surface area (Å²) in [7, 11) is 1.29. The molecule has 0 atom stereocenters. The van der Waals surface area contributed by atoms with E-state index in [1.165, 1.54) is 7.11 Å². The minimum absolute atomic E-state index is 0.133. The second-order valence-electron chi connectivity index (χ2n) is 6.06. The van der Waals surface area contributed by atoms with Crippen LogP contribution in [0.5, 0.6) is 0 Å². The Kier molecular flexibility index (Phi) is 6.81. The van der Waals surface area contributed by atoms with Gasteiger partial charge in [-0.2, -0.15) is 5.10 Å². The summed E-state index contributed by atoms with van der Waals surface area (Å²) in [5.74, 6) is -0.239. The van der Waals surface area contributed by atoms with Crippen LogP contribution < -0.4 is 10.6 Å². The summed E-state index contributed by atoms with van der Waals surface area (Å²) in [6.45, 7) is 2.39. The zero-order valence-electron chi connectivity index (χ0n) is 16.4. The molecule has 9 nitrogen and oxygen atoms in total. The molecule has 0 bridgehead atoms.